The van der Waals surface area contributed by atoms with E-state index in [0.717, 1.165) is 5.98 Å². The van der Waals surface area contributed by atoms with E-state index in [1.807, 2.05) is 0 Å². The minimum atomic E-state index is -1.35. The molecule has 0 amide bonds. The van der Waals surface area contributed by atoms with Gasteiger partial charge in [0.05, 0.1) is 0 Å². The summed E-state index contributed by atoms with van der Waals surface area (Å²) in [6, 6.07) is 0. The molecule has 0 spiro atoms. The van der Waals surface area contributed by atoms with Crippen LogP contribution in [0.4, 0.5) is 0 Å². The van der Waals surface area contributed by atoms with Crippen molar-refractivity contribution in [2.75, 3.05) is 6.54 Å². The van der Waals surface area contributed by atoms with Crippen molar-refractivity contribution in [2.24, 2.45) is 5.73 Å². The van der Waals surface area contributed by atoms with Crippen molar-refractivity contribution in [1.29, 1.82) is 0 Å². The smallest absolute Gasteiger partial charge is 0.424 e. The lowest BCUT2D eigenvalue weighted by Gasteiger charge is -1.75. The van der Waals surface area contributed by atoms with Gasteiger partial charge in [-0.3, -0.25) is 0 Å². The molecule has 0 radical (unpaired) electrons. The van der Waals surface area contributed by atoms with Gasteiger partial charge < -0.3 is 15.8 Å². The van der Waals surface area contributed by atoms with Crippen LogP contribution in [-0.2, 0) is 0 Å². The molecule has 0 aliphatic rings. The van der Waals surface area contributed by atoms with Crippen molar-refractivity contribution in [1.82, 2.24) is 0 Å². The molecule has 0 atom stereocenters. The standard InChI is InChI=1S/C3H7N.C2H5BO2/c1-2-3-4;1-2-3(4)5/h2H,1,3-4H2;2,4-5H,1H2. The third-order valence-electron chi connectivity index (χ3n) is 0.377. The molecule has 0 aromatic rings. The van der Waals surface area contributed by atoms with E-state index in [2.05, 4.69) is 13.2 Å². The summed E-state index contributed by atoms with van der Waals surface area (Å²) in [5.41, 5.74) is 4.91. The first-order valence-corrected chi connectivity index (χ1v) is 2.48. The SMILES string of the molecule is C=CB(O)O.C=CCN. The van der Waals surface area contributed by atoms with Crippen LogP contribution in [0.5, 0.6) is 0 Å². The van der Waals surface area contributed by atoms with Gasteiger partial charge in [-0.1, -0.05) is 12.1 Å². The van der Waals surface area contributed by atoms with Gasteiger partial charge in [0.1, 0.15) is 0 Å². The van der Waals surface area contributed by atoms with Crippen LogP contribution in [0.25, 0.3) is 0 Å². The summed E-state index contributed by atoms with van der Waals surface area (Å²) in [5.74, 6) is 1.03. The van der Waals surface area contributed by atoms with Gasteiger partial charge in [0, 0.05) is 6.54 Å². The monoisotopic (exact) mass is 129 g/mol. The predicted molar refractivity (Wildman–Crippen MR) is 39.6 cm³/mol. The van der Waals surface area contributed by atoms with Crippen LogP contribution in [0, 0.1) is 0 Å². The number of nitrogens with two attached hydrogens (primary N) is 1. The molecule has 0 heterocycles. The van der Waals surface area contributed by atoms with Gasteiger partial charge >= 0.3 is 7.12 Å². The summed E-state index contributed by atoms with van der Waals surface area (Å²) in [6.07, 6.45) is 1.65. The second-order valence-electron chi connectivity index (χ2n) is 1.17. The van der Waals surface area contributed by atoms with Crippen LogP contribution >= 0.6 is 0 Å². The Morgan fingerprint density at radius 1 is 1.44 bits per heavy atom. The Morgan fingerprint density at radius 3 is 1.67 bits per heavy atom. The molecule has 0 aliphatic carbocycles. The minimum Gasteiger partial charge on any atom is -0.424 e. The molecule has 52 valence electrons. The van der Waals surface area contributed by atoms with E-state index in [9.17, 15) is 0 Å². The lowest BCUT2D eigenvalue weighted by atomic mass is 9.94. The van der Waals surface area contributed by atoms with Crippen LogP contribution in [-0.4, -0.2) is 23.7 Å². The van der Waals surface area contributed by atoms with Crippen LogP contribution in [0.3, 0.4) is 0 Å². The van der Waals surface area contributed by atoms with Crippen molar-refractivity contribution in [3.8, 4) is 0 Å². The summed E-state index contributed by atoms with van der Waals surface area (Å²) in [7, 11) is -1.35. The first-order chi connectivity index (χ1) is 4.18. The largest absolute Gasteiger partial charge is 0.480 e. The average molecular weight is 129 g/mol. The fourth-order valence-electron chi connectivity index (χ4n) is 0. The van der Waals surface area contributed by atoms with Crippen LogP contribution in [0.2, 0.25) is 0 Å². The second-order valence-corrected chi connectivity index (χ2v) is 1.17. The van der Waals surface area contributed by atoms with Gasteiger partial charge in [0.15, 0.2) is 0 Å². The zero-order chi connectivity index (χ0) is 7.70. The van der Waals surface area contributed by atoms with E-state index < -0.39 is 7.12 Å². The van der Waals surface area contributed by atoms with E-state index in [-0.39, 0.29) is 0 Å². The Kier molecular flexibility index (Phi) is 13.0. The highest BCUT2D eigenvalue weighted by Crippen LogP contribution is 1.60. The molecule has 4 N–H and O–H groups in total. The van der Waals surface area contributed by atoms with Crippen molar-refractivity contribution in [3.05, 3.63) is 25.2 Å². The van der Waals surface area contributed by atoms with E-state index >= 15 is 0 Å². The van der Waals surface area contributed by atoms with Gasteiger partial charge in [-0.15, -0.1) is 13.2 Å². The molecule has 0 fully saturated rings. The molecule has 0 saturated carbocycles. The lowest BCUT2D eigenvalue weighted by Crippen LogP contribution is -2.03. The maximum absolute atomic E-state index is 7.80. The van der Waals surface area contributed by atoms with Crippen LogP contribution in [0.1, 0.15) is 0 Å². The summed E-state index contributed by atoms with van der Waals surface area (Å²) in [6.45, 7) is 7.00. The van der Waals surface area contributed by atoms with Crippen molar-refractivity contribution in [3.63, 3.8) is 0 Å². The highest BCUT2D eigenvalue weighted by Gasteiger charge is 1.92. The van der Waals surface area contributed by atoms with Crippen molar-refractivity contribution < 1.29 is 10.0 Å². The minimum absolute atomic E-state index is 0.583. The van der Waals surface area contributed by atoms with Crippen molar-refractivity contribution >= 4 is 7.12 Å². The number of hydrogen-bond acceptors (Lipinski definition) is 3. The Labute approximate surface area is 55.6 Å². The van der Waals surface area contributed by atoms with Gasteiger partial charge in [-0.2, -0.15) is 0 Å². The zero-order valence-electron chi connectivity index (χ0n) is 5.33. The normalized spacial score (nSPS) is 6.56. The van der Waals surface area contributed by atoms with E-state index in [0.29, 0.717) is 6.54 Å². The molecule has 0 rings (SSSR count). The molecule has 0 aromatic carbocycles. The summed E-state index contributed by atoms with van der Waals surface area (Å²) in [5, 5.41) is 15.6. The quantitative estimate of drug-likeness (QED) is 0.341. The fraction of sp³-hybridized carbons (Fsp3) is 0.200. The van der Waals surface area contributed by atoms with Crippen LogP contribution in [0.15, 0.2) is 25.2 Å². The maximum atomic E-state index is 7.80. The number of hydrogen-bond donors (Lipinski definition) is 3. The molecular weight excluding hydrogens is 117 g/mol. The Hall–Kier alpha value is -0.575. The fourth-order valence-corrected chi connectivity index (χ4v) is 0. The molecule has 9 heavy (non-hydrogen) atoms. The van der Waals surface area contributed by atoms with Gasteiger partial charge in [0.2, 0.25) is 0 Å². The Bertz CT molecular complexity index is 75.4. The van der Waals surface area contributed by atoms with Gasteiger partial charge in [0.25, 0.3) is 0 Å². The summed E-state index contributed by atoms with van der Waals surface area (Å²) >= 11 is 0. The van der Waals surface area contributed by atoms with Crippen LogP contribution < -0.4 is 5.73 Å². The molecule has 0 bridgehead atoms. The maximum Gasteiger partial charge on any atom is 0.480 e. The van der Waals surface area contributed by atoms with E-state index in [1.54, 1.807) is 6.08 Å². The van der Waals surface area contributed by atoms with Gasteiger partial charge in [-0.05, 0) is 0 Å². The van der Waals surface area contributed by atoms with E-state index in [4.69, 9.17) is 15.8 Å². The second kappa shape index (κ2) is 10.4. The molecular formula is C5H12BNO2. The van der Waals surface area contributed by atoms with E-state index in [1.165, 1.54) is 0 Å². The summed E-state index contributed by atoms with van der Waals surface area (Å²) < 4.78 is 0. The highest BCUT2D eigenvalue weighted by atomic mass is 16.4. The third kappa shape index (κ3) is 37.2. The lowest BCUT2D eigenvalue weighted by molar-refractivity contribution is 0.424. The molecule has 0 saturated heterocycles. The predicted octanol–water partition coefficient (Wildman–Crippen LogP) is -0.685. The average Bonchev–Trinajstić information content (AvgIpc) is 1.89. The first-order valence-electron chi connectivity index (χ1n) is 2.48. The Morgan fingerprint density at radius 2 is 1.67 bits per heavy atom. The zero-order valence-corrected chi connectivity index (χ0v) is 5.33. The molecule has 0 unspecified atom stereocenters. The number of rotatable bonds is 2. The molecule has 4 heteroatoms. The van der Waals surface area contributed by atoms with Crippen molar-refractivity contribution in [2.45, 2.75) is 0 Å². The van der Waals surface area contributed by atoms with Gasteiger partial charge in [-0.25, -0.2) is 0 Å². The first kappa shape index (κ1) is 11.3. The third-order valence-corrected chi connectivity index (χ3v) is 0.377. The Balaban J connectivity index is 0. The molecule has 0 aliphatic heterocycles. The molecule has 0 aromatic heterocycles. The topological polar surface area (TPSA) is 66.5 Å². The highest BCUT2D eigenvalue weighted by molar-refractivity contribution is 6.47. The molecule has 3 nitrogen and oxygen atoms in total. The summed E-state index contributed by atoms with van der Waals surface area (Å²) in [4.78, 5) is 0.